The van der Waals surface area contributed by atoms with E-state index in [1.165, 1.54) is 30.6 Å². The number of hydrogen-bond donors (Lipinski definition) is 1. The second kappa shape index (κ2) is 9.84. The zero-order valence-corrected chi connectivity index (χ0v) is 20.8. The molecule has 8 heteroatoms. The lowest BCUT2D eigenvalue weighted by Gasteiger charge is -2.35. The molecule has 186 valence electrons. The topological polar surface area (TPSA) is 87.5 Å². The van der Waals surface area contributed by atoms with Gasteiger partial charge < -0.3 is 10.2 Å². The lowest BCUT2D eigenvalue weighted by atomic mass is 9.94. The van der Waals surface area contributed by atoms with Crippen LogP contribution in [-0.4, -0.2) is 51.5 Å². The van der Waals surface area contributed by atoms with Crippen LogP contribution in [0.4, 0.5) is 5.69 Å². The Bertz CT molecular complexity index is 1130. The monoisotopic (exact) mass is 477 g/mol. The van der Waals surface area contributed by atoms with E-state index in [4.69, 9.17) is 0 Å². The number of aromatic nitrogens is 2. The van der Waals surface area contributed by atoms with Crippen molar-refractivity contribution in [3.05, 3.63) is 46.8 Å². The highest BCUT2D eigenvalue weighted by Crippen LogP contribution is 2.35. The second-order valence-electron chi connectivity index (χ2n) is 10.3. The van der Waals surface area contributed by atoms with Crippen molar-refractivity contribution in [2.24, 2.45) is 13.0 Å². The summed E-state index contributed by atoms with van der Waals surface area (Å²) < 4.78 is 1.74. The fourth-order valence-corrected chi connectivity index (χ4v) is 5.75. The van der Waals surface area contributed by atoms with Crippen molar-refractivity contribution in [3.8, 4) is 0 Å². The lowest BCUT2D eigenvalue weighted by molar-refractivity contribution is -0.126. The van der Waals surface area contributed by atoms with E-state index in [2.05, 4.69) is 15.3 Å². The van der Waals surface area contributed by atoms with Gasteiger partial charge in [0.2, 0.25) is 5.91 Å². The summed E-state index contributed by atoms with van der Waals surface area (Å²) >= 11 is 0. The predicted molar refractivity (Wildman–Crippen MR) is 133 cm³/mol. The summed E-state index contributed by atoms with van der Waals surface area (Å²) in [5, 5.41) is 7.55. The first kappa shape index (κ1) is 23.6. The minimum atomic E-state index is -0.270. The van der Waals surface area contributed by atoms with E-state index in [-0.39, 0.29) is 36.2 Å². The Hall–Kier alpha value is -3.16. The van der Waals surface area contributed by atoms with E-state index < -0.39 is 0 Å². The molecule has 2 fully saturated rings. The van der Waals surface area contributed by atoms with Gasteiger partial charge >= 0.3 is 0 Å². The molecule has 1 atom stereocenters. The van der Waals surface area contributed by atoms with E-state index in [0.29, 0.717) is 17.7 Å². The Morgan fingerprint density at radius 1 is 1.06 bits per heavy atom. The van der Waals surface area contributed by atoms with Crippen LogP contribution in [0, 0.1) is 12.8 Å². The van der Waals surface area contributed by atoms with Gasteiger partial charge in [-0.1, -0.05) is 31.7 Å². The van der Waals surface area contributed by atoms with Gasteiger partial charge in [-0.05, 0) is 44.7 Å². The molecule has 1 saturated heterocycles. The fraction of sp³-hybridized carbons (Fsp3) is 0.556. The normalized spacial score (nSPS) is 21.3. The average molecular weight is 478 g/mol. The van der Waals surface area contributed by atoms with Crippen LogP contribution >= 0.6 is 0 Å². The molecule has 3 aliphatic rings. The van der Waals surface area contributed by atoms with Gasteiger partial charge in [-0.2, -0.15) is 5.10 Å². The second-order valence-corrected chi connectivity index (χ2v) is 10.3. The predicted octanol–water partition coefficient (Wildman–Crippen LogP) is 3.58. The first-order valence-electron chi connectivity index (χ1n) is 13.0. The summed E-state index contributed by atoms with van der Waals surface area (Å²) in [6.45, 7) is 3.48. The minimum Gasteiger partial charge on any atom is -0.370 e. The molecule has 1 N–H and O–H groups in total. The number of nitrogens with one attached hydrogen (secondary N) is 1. The number of piperidine rings is 1. The lowest BCUT2D eigenvalue weighted by Crippen LogP contribution is -2.46. The third-order valence-electron chi connectivity index (χ3n) is 7.98. The largest absolute Gasteiger partial charge is 0.370 e. The van der Waals surface area contributed by atoms with Gasteiger partial charge in [0, 0.05) is 37.4 Å². The number of benzene rings is 1. The van der Waals surface area contributed by atoms with Crippen molar-refractivity contribution in [2.75, 3.05) is 18.0 Å². The maximum absolute atomic E-state index is 13.5. The van der Waals surface area contributed by atoms with Crippen molar-refractivity contribution in [2.45, 2.75) is 70.9 Å². The van der Waals surface area contributed by atoms with Crippen molar-refractivity contribution in [3.63, 3.8) is 0 Å². The Morgan fingerprint density at radius 2 is 1.83 bits per heavy atom. The summed E-state index contributed by atoms with van der Waals surface area (Å²) in [6.07, 6.45) is 10.5. The van der Waals surface area contributed by atoms with Crippen LogP contribution in [0.25, 0.3) is 0 Å². The molecule has 1 aromatic heterocycles. The number of hydrogen-bond acceptors (Lipinski definition) is 5. The van der Waals surface area contributed by atoms with Crippen molar-refractivity contribution < 1.29 is 14.4 Å². The van der Waals surface area contributed by atoms with Crippen LogP contribution in [0.2, 0.25) is 0 Å². The van der Waals surface area contributed by atoms with Crippen LogP contribution in [-0.2, 0) is 18.4 Å². The van der Waals surface area contributed by atoms with E-state index >= 15 is 0 Å². The minimum absolute atomic E-state index is 0.107. The molecule has 5 rings (SSSR count). The molecule has 8 nitrogen and oxygen atoms in total. The molecule has 35 heavy (non-hydrogen) atoms. The van der Waals surface area contributed by atoms with Gasteiger partial charge in [0.15, 0.2) is 0 Å². The molecular formula is C27H35N5O3. The number of carbonyl (C=O) groups is 3. The number of fused-ring (bicyclic) bond motifs is 1. The standard InChI is InChI=1S/C27H35N5O3/c1-18-20(15-28-30(18)2)17-32-26(34)22-12-7-13-23(24(22)27(32)35)31-14-8-9-19(16-31)25(33)29-21-10-5-3-4-6-11-21/h7,12-13,15,19,21H,3-6,8-11,14,16-17H2,1-2H3,(H,29,33). The van der Waals surface area contributed by atoms with Crippen LogP contribution in [0.1, 0.15) is 83.3 Å². The molecular weight excluding hydrogens is 442 g/mol. The Balaban J connectivity index is 1.33. The smallest absolute Gasteiger partial charge is 0.263 e. The van der Waals surface area contributed by atoms with Crippen LogP contribution in [0.15, 0.2) is 24.4 Å². The maximum Gasteiger partial charge on any atom is 0.263 e. The summed E-state index contributed by atoms with van der Waals surface area (Å²) in [4.78, 5) is 43.2. The summed E-state index contributed by atoms with van der Waals surface area (Å²) in [7, 11) is 1.85. The van der Waals surface area contributed by atoms with Crippen molar-refractivity contribution in [1.82, 2.24) is 20.0 Å². The highest BCUT2D eigenvalue weighted by molar-refractivity contribution is 6.23. The zero-order chi connectivity index (χ0) is 24.5. The van der Waals surface area contributed by atoms with Gasteiger partial charge in [0.05, 0.1) is 35.5 Å². The molecule has 0 spiro atoms. The van der Waals surface area contributed by atoms with Gasteiger partial charge in [0.1, 0.15) is 0 Å². The first-order chi connectivity index (χ1) is 16.9. The highest BCUT2D eigenvalue weighted by atomic mass is 16.2. The van der Waals surface area contributed by atoms with Crippen LogP contribution < -0.4 is 10.2 Å². The average Bonchev–Trinajstić information content (AvgIpc) is 3.16. The van der Waals surface area contributed by atoms with E-state index in [0.717, 1.165) is 49.2 Å². The first-order valence-corrected chi connectivity index (χ1v) is 13.0. The molecule has 1 aromatic carbocycles. The van der Waals surface area contributed by atoms with Crippen molar-refractivity contribution in [1.29, 1.82) is 0 Å². The molecule has 3 amide bonds. The van der Waals surface area contributed by atoms with E-state index in [1.54, 1.807) is 16.9 Å². The van der Waals surface area contributed by atoms with Gasteiger partial charge in [-0.25, -0.2) is 0 Å². The molecule has 2 aromatic rings. The maximum atomic E-state index is 13.5. The molecule has 2 aliphatic heterocycles. The number of rotatable bonds is 5. The van der Waals surface area contributed by atoms with Crippen LogP contribution in [0.5, 0.6) is 0 Å². The van der Waals surface area contributed by atoms with Crippen LogP contribution in [0.3, 0.4) is 0 Å². The zero-order valence-electron chi connectivity index (χ0n) is 20.8. The van der Waals surface area contributed by atoms with Gasteiger partial charge in [0.25, 0.3) is 11.8 Å². The summed E-state index contributed by atoms with van der Waals surface area (Å²) in [6, 6.07) is 5.77. The number of amides is 3. The molecule has 0 bridgehead atoms. The number of aryl methyl sites for hydroxylation is 1. The van der Waals surface area contributed by atoms with Gasteiger partial charge in [-0.15, -0.1) is 0 Å². The number of nitrogens with zero attached hydrogens (tertiary/aromatic N) is 4. The SMILES string of the molecule is Cc1c(CN2C(=O)c3cccc(N4CCCC(C(=O)NC5CCCCCC5)C4)c3C2=O)cnn1C. The highest BCUT2D eigenvalue weighted by Gasteiger charge is 2.40. The third-order valence-corrected chi connectivity index (χ3v) is 7.98. The Kier molecular flexibility index (Phi) is 6.62. The van der Waals surface area contributed by atoms with Crippen molar-refractivity contribution >= 4 is 23.4 Å². The summed E-state index contributed by atoms with van der Waals surface area (Å²) in [5.74, 6) is -0.516. The molecule has 0 radical (unpaired) electrons. The Morgan fingerprint density at radius 3 is 2.54 bits per heavy atom. The molecule has 1 saturated carbocycles. The number of anilines is 1. The Labute approximate surface area is 206 Å². The molecule has 1 unspecified atom stereocenters. The third kappa shape index (κ3) is 4.58. The number of imide groups is 1. The molecule has 1 aliphatic carbocycles. The fourth-order valence-electron chi connectivity index (χ4n) is 5.75. The van der Waals surface area contributed by atoms with E-state index in [9.17, 15) is 14.4 Å². The van der Waals surface area contributed by atoms with E-state index in [1.807, 2.05) is 26.1 Å². The summed E-state index contributed by atoms with van der Waals surface area (Å²) in [5.41, 5.74) is 3.46. The molecule has 3 heterocycles. The quantitative estimate of drug-likeness (QED) is 0.525. The number of carbonyl (C=O) groups excluding carboxylic acids is 3. The van der Waals surface area contributed by atoms with Gasteiger partial charge in [-0.3, -0.25) is 24.0 Å².